The van der Waals surface area contributed by atoms with Crippen LogP contribution in [-0.4, -0.2) is 22.1 Å². The number of benzene rings is 1. The molecule has 2 rings (SSSR count). The standard InChI is InChI=1S/C13H14FN3O/c1-17(8-10-3-2-4-11(14)5-10)13-7-15-6-12(9-18)16-13/h2-7,18H,8-9H2,1H3. The monoisotopic (exact) mass is 247 g/mol. The van der Waals surface area contributed by atoms with E-state index in [0.29, 0.717) is 18.1 Å². The van der Waals surface area contributed by atoms with Gasteiger partial charge in [0.25, 0.3) is 0 Å². The summed E-state index contributed by atoms with van der Waals surface area (Å²) in [6.07, 6.45) is 3.12. The van der Waals surface area contributed by atoms with E-state index in [2.05, 4.69) is 9.97 Å². The summed E-state index contributed by atoms with van der Waals surface area (Å²) in [5, 5.41) is 9.00. The van der Waals surface area contributed by atoms with Crippen LogP contribution >= 0.6 is 0 Å². The second-order valence-electron chi connectivity index (χ2n) is 4.01. The molecule has 0 atom stereocenters. The molecule has 1 heterocycles. The molecular formula is C13H14FN3O. The van der Waals surface area contributed by atoms with E-state index in [4.69, 9.17) is 5.11 Å². The number of nitrogens with zero attached hydrogens (tertiary/aromatic N) is 3. The SMILES string of the molecule is CN(Cc1cccc(F)c1)c1cncc(CO)n1. The third-order valence-electron chi connectivity index (χ3n) is 2.53. The molecule has 0 unspecified atom stereocenters. The summed E-state index contributed by atoms with van der Waals surface area (Å²) < 4.78 is 13.1. The van der Waals surface area contributed by atoms with Crippen molar-refractivity contribution in [3.05, 3.63) is 53.7 Å². The van der Waals surface area contributed by atoms with Gasteiger partial charge in [0.1, 0.15) is 11.6 Å². The van der Waals surface area contributed by atoms with E-state index in [-0.39, 0.29) is 12.4 Å². The maximum Gasteiger partial charge on any atom is 0.147 e. The van der Waals surface area contributed by atoms with Gasteiger partial charge < -0.3 is 10.0 Å². The van der Waals surface area contributed by atoms with Crippen LogP contribution in [0.5, 0.6) is 0 Å². The Bertz CT molecular complexity index is 533. The smallest absolute Gasteiger partial charge is 0.147 e. The number of aliphatic hydroxyl groups is 1. The molecule has 0 radical (unpaired) electrons. The fraction of sp³-hybridized carbons (Fsp3) is 0.231. The first-order chi connectivity index (χ1) is 8.69. The van der Waals surface area contributed by atoms with Crippen LogP contribution in [-0.2, 0) is 13.2 Å². The quantitative estimate of drug-likeness (QED) is 0.894. The van der Waals surface area contributed by atoms with Crippen molar-refractivity contribution >= 4 is 5.82 Å². The zero-order chi connectivity index (χ0) is 13.0. The van der Waals surface area contributed by atoms with E-state index in [1.807, 2.05) is 18.0 Å². The Morgan fingerprint density at radius 1 is 1.33 bits per heavy atom. The summed E-state index contributed by atoms with van der Waals surface area (Å²) in [5.74, 6) is 0.391. The molecule has 0 aliphatic rings. The molecular weight excluding hydrogens is 233 g/mol. The highest BCUT2D eigenvalue weighted by molar-refractivity contribution is 5.36. The number of hydrogen-bond donors (Lipinski definition) is 1. The van der Waals surface area contributed by atoms with Crippen molar-refractivity contribution in [3.63, 3.8) is 0 Å². The van der Waals surface area contributed by atoms with Crippen molar-refractivity contribution in [2.24, 2.45) is 0 Å². The van der Waals surface area contributed by atoms with Gasteiger partial charge in [-0.15, -0.1) is 0 Å². The van der Waals surface area contributed by atoms with Gasteiger partial charge in [0.2, 0.25) is 0 Å². The first-order valence-corrected chi connectivity index (χ1v) is 5.56. The highest BCUT2D eigenvalue weighted by Crippen LogP contribution is 2.12. The Balaban J connectivity index is 2.13. The van der Waals surface area contributed by atoms with Gasteiger partial charge in [-0.1, -0.05) is 12.1 Å². The molecule has 2 aromatic rings. The Labute approximate surface area is 105 Å². The highest BCUT2D eigenvalue weighted by Gasteiger charge is 2.05. The Morgan fingerprint density at radius 3 is 2.89 bits per heavy atom. The van der Waals surface area contributed by atoms with Gasteiger partial charge in [0, 0.05) is 13.6 Å². The molecule has 1 aromatic carbocycles. The first-order valence-electron chi connectivity index (χ1n) is 5.56. The van der Waals surface area contributed by atoms with Crippen molar-refractivity contribution in [3.8, 4) is 0 Å². The predicted molar refractivity (Wildman–Crippen MR) is 66.5 cm³/mol. The topological polar surface area (TPSA) is 49.2 Å². The second-order valence-corrected chi connectivity index (χ2v) is 4.01. The van der Waals surface area contributed by atoms with Gasteiger partial charge in [-0.05, 0) is 17.7 Å². The number of aliphatic hydroxyl groups excluding tert-OH is 1. The van der Waals surface area contributed by atoms with Crippen LogP contribution in [0.25, 0.3) is 0 Å². The fourth-order valence-corrected chi connectivity index (χ4v) is 1.65. The summed E-state index contributed by atoms with van der Waals surface area (Å²) >= 11 is 0. The largest absolute Gasteiger partial charge is 0.390 e. The van der Waals surface area contributed by atoms with E-state index in [0.717, 1.165) is 5.56 Å². The minimum absolute atomic E-state index is 0.144. The average Bonchev–Trinajstić information content (AvgIpc) is 2.39. The van der Waals surface area contributed by atoms with Crippen LogP contribution in [0, 0.1) is 5.82 Å². The summed E-state index contributed by atoms with van der Waals surface area (Å²) in [6, 6.07) is 6.42. The minimum atomic E-state index is -0.254. The lowest BCUT2D eigenvalue weighted by Gasteiger charge is -2.18. The molecule has 0 bridgehead atoms. The molecule has 4 nitrogen and oxygen atoms in total. The Morgan fingerprint density at radius 2 is 2.17 bits per heavy atom. The zero-order valence-electron chi connectivity index (χ0n) is 10.0. The third kappa shape index (κ3) is 3.01. The molecule has 0 spiro atoms. The number of rotatable bonds is 4. The van der Waals surface area contributed by atoms with Crippen LogP contribution in [0.15, 0.2) is 36.7 Å². The van der Waals surface area contributed by atoms with E-state index >= 15 is 0 Å². The van der Waals surface area contributed by atoms with Crippen LogP contribution in [0.4, 0.5) is 10.2 Å². The lowest BCUT2D eigenvalue weighted by Crippen LogP contribution is -2.18. The van der Waals surface area contributed by atoms with Crippen molar-refractivity contribution in [2.45, 2.75) is 13.2 Å². The molecule has 0 aliphatic heterocycles. The number of halogens is 1. The van der Waals surface area contributed by atoms with Crippen molar-refractivity contribution in [2.75, 3.05) is 11.9 Å². The number of aromatic nitrogens is 2. The van der Waals surface area contributed by atoms with Crippen LogP contribution < -0.4 is 4.90 Å². The number of anilines is 1. The Kier molecular flexibility index (Phi) is 3.84. The maximum absolute atomic E-state index is 13.1. The maximum atomic E-state index is 13.1. The van der Waals surface area contributed by atoms with Gasteiger partial charge in [-0.25, -0.2) is 9.37 Å². The van der Waals surface area contributed by atoms with Gasteiger partial charge in [-0.3, -0.25) is 4.98 Å². The Hall–Kier alpha value is -2.01. The van der Waals surface area contributed by atoms with E-state index < -0.39 is 0 Å². The average molecular weight is 247 g/mol. The third-order valence-corrected chi connectivity index (χ3v) is 2.53. The molecule has 0 fully saturated rings. The molecule has 1 aromatic heterocycles. The first kappa shape index (κ1) is 12.4. The minimum Gasteiger partial charge on any atom is -0.390 e. The van der Waals surface area contributed by atoms with Gasteiger partial charge in [0.05, 0.1) is 24.7 Å². The molecule has 0 saturated carbocycles. The van der Waals surface area contributed by atoms with E-state index in [1.54, 1.807) is 12.3 Å². The molecule has 94 valence electrons. The summed E-state index contributed by atoms with van der Waals surface area (Å²) in [4.78, 5) is 10.1. The summed E-state index contributed by atoms with van der Waals surface area (Å²) in [7, 11) is 1.84. The summed E-state index contributed by atoms with van der Waals surface area (Å²) in [6.45, 7) is 0.385. The zero-order valence-corrected chi connectivity index (χ0v) is 10.0. The molecule has 0 saturated heterocycles. The number of hydrogen-bond acceptors (Lipinski definition) is 4. The van der Waals surface area contributed by atoms with Gasteiger partial charge in [-0.2, -0.15) is 0 Å². The van der Waals surface area contributed by atoms with Crippen molar-refractivity contribution in [1.29, 1.82) is 0 Å². The predicted octanol–water partition coefficient (Wildman–Crippen LogP) is 1.74. The van der Waals surface area contributed by atoms with Crippen LogP contribution in [0.2, 0.25) is 0 Å². The van der Waals surface area contributed by atoms with Crippen molar-refractivity contribution < 1.29 is 9.50 Å². The lowest BCUT2D eigenvalue weighted by molar-refractivity contribution is 0.276. The molecule has 1 N–H and O–H groups in total. The van der Waals surface area contributed by atoms with E-state index in [9.17, 15) is 4.39 Å². The van der Waals surface area contributed by atoms with Crippen molar-refractivity contribution in [1.82, 2.24) is 9.97 Å². The lowest BCUT2D eigenvalue weighted by atomic mass is 10.2. The van der Waals surface area contributed by atoms with Gasteiger partial charge in [0.15, 0.2) is 0 Å². The highest BCUT2D eigenvalue weighted by atomic mass is 19.1. The molecule has 0 aliphatic carbocycles. The van der Waals surface area contributed by atoms with Crippen LogP contribution in [0.3, 0.4) is 0 Å². The molecule has 18 heavy (non-hydrogen) atoms. The van der Waals surface area contributed by atoms with E-state index in [1.165, 1.54) is 18.3 Å². The summed E-state index contributed by atoms with van der Waals surface area (Å²) in [5.41, 5.74) is 1.37. The molecule has 0 amide bonds. The van der Waals surface area contributed by atoms with Crippen LogP contribution in [0.1, 0.15) is 11.3 Å². The normalized spacial score (nSPS) is 10.4. The second kappa shape index (κ2) is 5.55. The van der Waals surface area contributed by atoms with Gasteiger partial charge >= 0.3 is 0 Å². The fourth-order valence-electron chi connectivity index (χ4n) is 1.65. The molecule has 5 heteroatoms.